The quantitative estimate of drug-likeness (QED) is 0.756. The highest BCUT2D eigenvalue weighted by Gasteiger charge is 2.07. The van der Waals surface area contributed by atoms with E-state index >= 15 is 0 Å². The SMILES string of the molecule is O=C(CCc1ccccc1)NCc1csc(-c2cccnc2)n1. The molecule has 5 heteroatoms. The number of nitrogens with zero attached hydrogens (tertiary/aromatic N) is 2. The van der Waals surface area contributed by atoms with Crippen molar-refractivity contribution >= 4 is 17.2 Å². The first-order valence-electron chi connectivity index (χ1n) is 7.47. The van der Waals surface area contributed by atoms with Crippen LogP contribution < -0.4 is 5.32 Å². The average molecular weight is 323 g/mol. The smallest absolute Gasteiger partial charge is 0.220 e. The van der Waals surface area contributed by atoms with Gasteiger partial charge in [-0.05, 0) is 24.1 Å². The standard InChI is InChI=1S/C18H17N3OS/c22-17(9-8-14-5-2-1-3-6-14)20-12-16-13-23-18(21-16)15-7-4-10-19-11-15/h1-7,10-11,13H,8-9,12H2,(H,20,22). The van der Waals surface area contributed by atoms with Crippen LogP contribution in [0.25, 0.3) is 10.6 Å². The summed E-state index contributed by atoms with van der Waals surface area (Å²) < 4.78 is 0. The van der Waals surface area contributed by atoms with E-state index in [-0.39, 0.29) is 5.91 Å². The molecule has 0 spiro atoms. The number of aryl methyl sites for hydroxylation is 1. The van der Waals surface area contributed by atoms with E-state index in [9.17, 15) is 4.79 Å². The third kappa shape index (κ3) is 4.47. The molecule has 1 amide bonds. The van der Waals surface area contributed by atoms with E-state index in [0.29, 0.717) is 13.0 Å². The largest absolute Gasteiger partial charge is 0.350 e. The van der Waals surface area contributed by atoms with Gasteiger partial charge in [0.25, 0.3) is 0 Å². The van der Waals surface area contributed by atoms with Crippen molar-refractivity contribution in [3.05, 3.63) is 71.5 Å². The fraction of sp³-hybridized carbons (Fsp3) is 0.167. The summed E-state index contributed by atoms with van der Waals surface area (Å²) in [5, 5.41) is 5.82. The molecule has 3 rings (SSSR count). The summed E-state index contributed by atoms with van der Waals surface area (Å²) in [4.78, 5) is 20.6. The first kappa shape index (κ1) is 15.4. The highest BCUT2D eigenvalue weighted by Crippen LogP contribution is 2.22. The van der Waals surface area contributed by atoms with Crippen LogP contribution in [0.1, 0.15) is 17.7 Å². The number of benzene rings is 1. The average Bonchev–Trinajstić information content (AvgIpc) is 3.09. The third-order valence-electron chi connectivity index (χ3n) is 3.41. The maximum atomic E-state index is 11.9. The van der Waals surface area contributed by atoms with Crippen LogP contribution >= 0.6 is 11.3 Å². The van der Waals surface area contributed by atoms with Crippen molar-refractivity contribution < 1.29 is 4.79 Å². The number of nitrogens with one attached hydrogen (secondary N) is 1. The van der Waals surface area contributed by atoms with Crippen molar-refractivity contribution in [3.8, 4) is 10.6 Å². The highest BCUT2D eigenvalue weighted by atomic mass is 32.1. The molecule has 0 fully saturated rings. The molecule has 3 aromatic rings. The Morgan fingerprint density at radius 1 is 1.13 bits per heavy atom. The van der Waals surface area contributed by atoms with Gasteiger partial charge in [-0.3, -0.25) is 9.78 Å². The molecular weight excluding hydrogens is 306 g/mol. The molecule has 0 saturated heterocycles. The van der Waals surface area contributed by atoms with Crippen LogP contribution in [0, 0.1) is 0 Å². The molecule has 0 aliphatic rings. The van der Waals surface area contributed by atoms with Crippen LogP contribution in [-0.4, -0.2) is 15.9 Å². The van der Waals surface area contributed by atoms with Crippen molar-refractivity contribution in [3.63, 3.8) is 0 Å². The third-order valence-corrected chi connectivity index (χ3v) is 4.35. The zero-order chi connectivity index (χ0) is 15.9. The van der Waals surface area contributed by atoms with Crippen LogP contribution in [0.4, 0.5) is 0 Å². The summed E-state index contributed by atoms with van der Waals surface area (Å²) in [5.74, 6) is 0.0461. The molecule has 116 valence electrons. The molecule has 1 aromatic carbocycles. The minimum absolute atomic E-state index is 0.0461. The maximum Gasteiger partial charge on any atom is 0.220 e. The molecular formula is C18H17N3OS. The number of pyridine rings is 1. The summed E-state index contributed by atoms with van der Waals surface area (Å²) >= 11 is 1.56. The Balaban J connectivity index is 1.49. The Morgan fingerprint density at radius 3 is 2.78 bits per heavy atom. The molecule has 0 unspecified atom stereocenters. The first-order valence-corrected chi connectivity index (χ1v) is 8.34. The lowest BCUT2D eigenvalue weighted by Crippen LogP contribution is -2.23. The summed E-state index contributed by atoms with van der Waals surface area (Å²) in [5.41, 5.74) is 3.05. The summed E-state index contributed by atoms with van der Waals surface area (Å²) in [6, 6.07) is 13.9. The second-order valence-electron chi connectivity index (χ2n) is 5.15. The van der Waals surface area contributed by atoms with Crippen molar-refractivity contribution in [2.24, 2.45) is 0 Å². The van der Waals surface area contributed by atoms with E-state index < -0.39 is 0 Å². The number of carbonyl (C=O) groups excluding carboxylic acids is 1. The molecule has 0 bridgehead atoms. The van der Waals surface area contributed by atoms with Gasteiger partial charge in [0.15, 0.2) is 0 Å². The number of amides is 1. The Kier molecular flexibility index (Phi) is 5.11. The number of carbonyl (C=O) groups is 1. The van der Waals surface area contributed by atoms with E-state index in [4.69, 9.17) is 0 Å². The lowest BCUT2D eigenvalue weighted by atomic mass is 10.1. The van der Waals surface area contributed by atoms with Gasteiger partial charge in [-0.2, -0.15) is 0 Å². The molecule has 2 heterocycles. The number of thiazole rings is 1. The normalized spacial score (nSPS) is 10.4. The lowest BCUT2D eigenvalue weighted by molar-refractivity contribution is -0.121. The van der Waals surface area contributed by atoms with Crippen LogP contribution in [0.15, 0.2) is 60.2 Å². The predicted molar refractivity (Wildman–Crippen MR) is 92.0 cm³/mol. The Labute approximate surface area is 139 Å². The lowest BCUT2D eigenvalue weighted by Gasteiger charge is -2.03. The topological polar surface area (TPSA) is 54.9 Å². The molecule has 0 radical (unpaired) electrons. The highest BCUT2D eigenvalue weighted by molar-refractivity contribution is 7.13. The maximum absolute atomic E-state index is 11.9. The monoisotopic (exact) mass is 323 g/mol. The molecule has 2 aromatic heterocycles. The molecule has 23 heavy (non-hydrogen) atoms. The molecule has 0 atom stereocenters. The van der Waals surface area contributed by atoms with Gasteiger partial charge < -0.3 is 5.32 Å². The second-order valence-corrected chi connectivity index (χ2v) is 6.01. The number of hydrogen-bond acceptors (Lipinski definition) is 4. The van der Waals surface area contributed by atoms with Gasteiger partial charge in [-0.15, -0.1) is 11.3 Å². The Morgan fingerprint density at radius 2 is 2.00 bits per heavy atom. The number of rotatable bonds is 6. The van der Waals surface area contributed by atoms with Gasteiger partial charge in [-0.1, -0.05) is 30.3 Å². The van der Waals surface area contributed by atoms with E-state index in [2.05, 4.69) is 15.3 Å². The van der Waals surface area contributed by atoms with Crippen molar-refractivity contribution in [2.75, 3.05) is 0 Å². The van der Waals surface area contributed by atoms with Gasteiger partial charge in [0.1, 0.15) is 5.01 Å². The fourth-order valence-electron chi connectivity index (χ4n) is 2.19. The van der Waals surface area contributed by atoms with E-state index in [0.717, 1.165) is 22.7 Å². The van der Waals surface area contributed by atoms with Gasteiger partial charge in [0.2, 0.25) is 5.91 Å². The molecule has 0 aliphatic carbocycles. The van der Waals surface area contributed by atoms with E-state index in [1.807, 2.05) is 47.8 Å². The first-order chi connectivity index (χ1) is 11.3. The van der Waals surface area contributed by atoms with Crippen molar-refractivity contribution in [2.45, 2.75) is 19.4 Å². The summed E-state index contributed by atoms with van der Waals surface area (Å²) in [7, 11) is 0. The zero-order valence-electron chi connectivity index (χ0n) is 12.6. The van der Waals surface area contributed by atoms with Crippen LogP contribution in [0.3, 0.4) is 0 Å². The summed E-state index contributed by atoms with van der Waals surface area (Å²) in [6.07, 6.45) is 4.78. The van der Waals surface area contributed by atoms with Crippen molar-refractivity contribution in [1.29, 1.82) is 0 Å². The number of aromatic nitrogens is 2. The zero-order valence-corrected chi connectivity index (χ0v) is 13.4. The van der Waals surface area contributed by atoms with E-state index in [1.165, 1.54) is 5.56 Å². The predicted octanol–water partition coefficient (Wildman–Crippen LogP) is 3.45. The minimum Gasteiger partial charge on any atom is -0.350 e. The summed E-state index contributed by atoms with van der Waals surface area (Å²) in [6.45, 7) is 0.463. The van der Waals surface area contributed by atoms with Gasteiger partial charge in [-0.25, -0.2) is 4.98 Å². The van der Waals surface area contributed by atoms with Crippen molar-refractivity contribution in [1.82, 2.24) is 15.3 Å². The van der Waals surface area contributed by atoms with Crippen LogP contribution in [0.5, 0.6) is 0 Å². The fourth-order valence-corrected chi connectivity index (χ4v) is 3.00. The van der Waals surface area contributed by atoms with Gasteiger partial charge >= 0.3 is 0 Å². The molecule has 0 aliphatic heterocycles. The second kappa shape index (κ2) is 7.65. The van der Waals surface area contributed by atoms with Crippen LogP contribution in [0.2, 0.25) is 0 Å². The Hall–Kier alpha value is -2.53. The number of hydrogen-bond donors (Lipinski definition) is 1. The Bertz CT molecular complexity index is 756. The minimum atomic E-state index is 0.0461. The molecule has 1 N–H and O–H groups in total. The molecule has 0 saturated carbocycles. The molecule has 4 nitrogen and oxygen atoms in total. The van der Waals surface area contributed by atoms with Gasteiger partial charge in [0.05, 0.1) is 12.2 Å². The van der Waals surface area contributed by atoms with Crippen LogP contribution in [-0.2, 0) is 17.8 Å². The van der Waals surface area contributed by atoms with E-state index in [1.54, 1.807) is 23.7 Å². The van der Waals surface area contributed by atoms with Gasteiger partial charge in [0, 0.05) is 29.8 Å².